The summed E-state index contributed by atoms with van der Waals surface area (Å²) in [5.41, 5.74) is 1.43. The van der Waals surface area contributed by atoms with Crippen molar-refractivity contribution in [3.05, 3.63) is 16.9 Å². The predicted octanol–water partition coefficient (Wildman–Crippen LogP) is 4.28. The first-order valence-corrected chi connectivity index (χ1v) is 7.57. The largest absolute Gasteiger partial charge is 0.312 e. The molecule has 0 spiro atoms. The summed E-state index contributed by atoms with van der Waals surface area (Å²) in [6, 6.07) is 0.260. The highest BCUT2D eigenvalue weighted by Crippen LogP contribution is 2.35. The minimum Gasteiger partial charge on any atom is -0.312 e. The van der Waals surface area contributed by atoms with Crippen LogP contribution in [0, 0.1) is 11.3 Å². The number of aromatic nitrogens is 2. The van der Waals surface area contributed by atoms with E-state index in [-0.39, 0.29) is 6.04 Å². The van der Waals surface area contributed by atoms with E-state index in [0.29, 0.717) is 11.3 Å². The monoisotopic (exact) mass is 285 g/mol. The zero-order valence-corrected chi connectivity index (χ0v) is 13.9. The van der Waals surface area contributed by atoms with Crippen LogP contribution in [0.5, 0.6) is 0 Å². The molecule has 3 nitrogen and oxygen atoms in total. The Hall–Kier alpha value is -0.540. The lowest BCUT2D eigenvalue weighted by atomic mass is 9.78. The molecule has 0 aliphatic heterocycles. The second-order valence-corrected chi connectivity index (χ2v) is 6.85. The van der Waals surface area contributed by atoms with Gasteiger partial charge in [0.25, 0.3) is 0 Å². The Morgan fingerprint density at radius 1 is 1.42 bits per heavy atom. The van der Waals surface area contributed by atoms with E-state index in [4.69, 9.17) is 11.6 Å². The Morgan fingerprint density at radius 3 is 2.53 bits per heavy atom. The van der Waals surface area contributed by atoms with Crippen molar-refractivity contribution in [2.45, 2.75) is 60.0 Å². The van der Waals surface area contributed by atoms with E-state index in [1.54, 1.807) is 6.20 Å². The summed E-state index contributed by atoms with van der Waals surface area (Å²) in [4.78, 5) is 0. The van der Waals surface area contributed by atoms with E-state index in [1.165, 1.54) is 0 Å². The van der Waals surface area contributed by atoms with E-state index in [1.807, 2.05) is 11.7 Å². The first kappa shape index (κ1) is 16.5. The Morgan fingerprint density at radius 2 is 2.05 bits per heavy atom. The van der Waals surface area contributed by atoms with Gasteiger partial charge in [0, 0.05) is 6.54 Å². The number of hydrogen-bond acceptors (Lipinski definition) is 2. The molecular formula is C15H28ClN3. The summed E-state index contributed by atoms with van der Waals surface area (Å²) in [5.74, 6) is 0.603. The number of halogens is 1. The van der Waals surface area contributed by atoms with Gasteiger partial charge in [0.15, 0.2) is 0 Å². The van der Waals surface area contributed by atoms with Gasteiger partial charge in [-0.3, -0.25) is 4.68 Å². The minimum absolute atomic E-state index is 0.260. The SMILES string of the molecule is CCCn1ncc(Cl)c1C(CC(C)C(C)(C)C)NC. The molecular weight excluding hydrogens is 258 g/mol. The van der Waals surface area contributed by atoms with Crippen LogP contribution in [0.4, 0.5) is 0 Å². The van der Waals surface area contributed by atoms with Gasteiger partial charge >= 0.3 is 0 Å². The van der Waals surface area contributed by atoms with Crippen LogP contribution < -0.4 is 5.32 Å². The molecule has 19 heavy (non-hydrogen) atoms. The summed E-state index contributed by atoms with van der Waals surface area (Å²) in [7, 11) is 2.00. The molecule has 2 atom stereocenters. The van der Waals surface area contributed by atoms with Crippen LogP contribution in [0.25, 0.3) is 0 Å². The normalized spacial score (nSPS) is 15.5. The van der Waals surface area contributed by atoms with Crippen molar-refractivity contribution in [2.75, 3.05) is 7.05 Å². The van der Waals surface area contributed by atoms with E-state index in [9.17, 15) is 0 Å². The molecule has 0 fully saturated rings. The molecule has 110 valence electrons. The lowest BCUT2D eigenvalue weighted by Gasteiger charge is -2.31. The zero-order valence-electron chi connectivity index (χ0n) is 13.1. The van der Waals surface area contributed by atoms with E-state index < -0.39 is 0 Å². The molecule has 0 aromatic carbocycles. The molecule has 0 aliphatic rings. The number of nitrogens with zero attached hydrogens (tertiary/aromatic N) is 2. The van der Waals surface area contributed by atoms with Gasteiger partial charge < -0.3 is 5.32 Å². The highest BCUT2D eigenvalue weighted by Gasteiger charge is 2.26. The van der Waals surface area contributed by atoms with Crippen molar-refractivity contribution in [1.82, 2.24) is 15.1 Å². The standard InChI is InChI=1S/C15H28ClN3/c1-7-8-19-14(12(16)10-18-19)13(17-6)9-11(2)15(3,4)5/h10-11,13,17H,7-9H2,1-6H3. The van der Waals surface area contributed by atoms with Crippen molar-refractivity contribution in [3.63, 3.8) is 0 Å². The van der Waals surface area contributed by atoms with Gasteiger partial charge in [-0.25, -0.2) is 0 Å². The van der Waals surface area contributed by atoms with Gasteiger partial charge in [-0.05, 0) is 31.2 Å². The average molecular weight is 286 g/mol. The summed E-state index contributed by atoms with van der Waals surface area (Å²) < 4.78 is 2.04. The summed E-state index contributed by atoms with van der Waals surface area (Å²) in [5, 5.41) is 8.56. The second-order valence-electron chi connectivity index (χ2n) is 6.44. The van der Waals surface area contributed by atoms with Crippen LogP contribution >= 0.6 is 11.6 Å². The topological polar surface area (TPSA) is 29.9 Å². The molecule has 1 heterocycles. The number of rotatable bonds is 6. The Labute approximate surface area is 122 Å². The third-order valence-electron chi connectivity index (χ3n) is 4.01. The third kappa shape index (κ3) is 4.22. The fourth-order valence-electron chi connectivity index (χ4n) is 2.18. The maximum absolute atomic E-state index is 6.33. The lowest BCUT2D eigenvalue weighted by molar-refractivity contribution is 0.223. The van der Waals surface area contributed by atoms with Crippen molar-refractivity contribution >= 4 is 11.6 Å². The van der Waals surface area contributed by atoms with Crippen molar-refractivity contribution in [1.29, 1.82) is 0 Å². The van der Waals surface area contributed by atoms with Gasteiger partial charge in [-0.15, -0.1) is 0 Å². The van der Waals surface area contributed by atoms with Gasteiger partial charge in [0.2, 0.25) is 0 Å². The van der Waals surface area contributed by atoms with Gasteiger partial charge in [0.05, 0.1) is 23.0 Å². The van der Waals surface area contributed by atoms with Crippen molar-refractivity contribution in [3.8, 4) is 0 Å². The molecule has 0 amide bonds. The van der Waals surface area contributed by atoms with Crippen LogP contribution in [-0.2, 0) is 6.54 Å². The summed E-state index contributed by atoms with van der Waals surface area (Å²) in [6.45, 7) is 12.2. The van der Waals surface area contributed by atoms with Gasteiger partial charge in [0.1, 0.15) is 0 Å². The quantitative estimate of drug-likeness (QED) is 0.845. The minimum atomic E-state index is 0.260. The number of hydrogen-bond donors (Lipinski definition) is 1. The Balaban J connectivity index is 2.94. The zero-order chi connectivity index (χ0) is 14.6. The molecule has 0 saturated carbocycles. The molecule has 0 aliphatic carbocycles. The fourth-order valence-corrected chi connectivity index (χ4v) is 2.45. The van der Waals surface area contributed by atoms with Crippen LogP contribution in [0.1, 0.15) is 59.2 Å². The second kappa shape index (κ2) is 6.76. The molecule has 1 aromatic heterocycles. The van der Waals surface area contributed by atoms with Crippen LogP contribution in [0.15, 0.2) is 6.20 Å². The fraction of sp³-hybridized carbons (Fsp3) is 0.800. The summed E-state index contributed by atoms with van der Waals surface area (Å²) in [6.07, 6.45) is 3.89. The maximum atomic E-state index is 6.33. The van der Waals surface area contributed by atoms with Crippen LogP contribution in [-0.4, -0.2) is 16.8 Å². The molecule has 4 heteroatoms. The lowest BCUT2D eigenvalue weighted by Crippen LogP contribution is -2.27. The highest BCUT2D eigenvalue weighted by atomic mass is 35.5. The van der Waals surface area contributed by atoms with Crippen LogP contribution in [0.3, 0.4) is 0 Å². The maximum Gasteiger partial charge on any atom is 0.0834 e. The van der Waals surface area contributed by atoms with Crippen molar-refractivity contribution in [2.24, 2.45) is 11.3 Å². The summed E-state index contributed by atoms with van der Waals surface area (Å²) >= 11 is 6.33. The van der Waals surface area contributed by atoms with E-state index in [2.05, 4.69) is 45.0 Å². The molecule has 0 saturated heterocycles. The molecule has 0 bridgehead atoms. The molecule has 1 N–H and O–H groups in total. The number of aryl methyl sites for hydroxylation is 1. The predicted molar refractivity (Wildman–Crippen MR) is 82.6 cm³/mol. The molecule has 2 unspecified atom stereocenters. The van der Waals surface area contributed by atoms with Gasteiger partial charge in [-0.1, -0.05) is 46.2 Å². The molecule has 1 aromatic rings. The first-order chi connectivity index (χ1) is 8.81. The average Bonchev–Trinajstić information content (AvgIpc) is 2.67. The third-order valence-corrected chi connectivity index (χ3v) is 4.31. The van der Waals surface area contributed by atoms with E-state index in [0.717, 1.165) is 30.1 Å². The Kier molecular flexibility index (Phi) is 5.87. The Bertz CT molecular complexity index is 393. The highest BCUT2D eigenvalue weighted by molar-refractivity contribution is 6.31. The molecule has 0 radical (unpaired) electrons. The van der Waals surface area contributed by atoms with Gasteiger partial charge in [-0.2, -0.15) is 5.10 Å². The smallest absolute Gasteiger partial charge is 0.0834 e. The van der Waals surface area contributed by atoms with Crippen molar-refractivity contribution < 1.29 is 0 Å². The van der Waals surface area contributed by atoms with E-state index >= 15 is 0 Å². The van der Waals surface area contributed by atoms with Crippen LogP contribution in [0.2, 0.25) is 5.02 Å². The molecule has 1 rings (SSSR count). The number of nitrogens with one attached hydrogen (secondary N) is 1. The first-order valence-electron chi connectivity index (χ1n) is 7.19.